The van der Waals surface area contributed by atoms with Gasteiger partial charge in [0.05, 0.1) is 0 Å². The number of hydrogen-bond acceptors (Lipinski definition) is 2. The summed E-state index contributed by atoms with van der Waals surface area (Å²) in [5.41, 5.74) is 0.233. The number of rotatable bonds is 4. The van der Waals surface area contributed by atoms with E-state index < -0.39 is 0 Å². The molecule has 0 amide bonds. The first kappa shape index (κ1) is 12.7. The second-order valence-corrected chi connectivity index (χ2v) is 4.37. The zero-order valence-electron chi connectivity index (χ0n) is 10.5. The van der Waals surface area contributed by atoms with Gasteiger partial charge in [-0.05, 0) is 20.3 Å². The van der Waals surface area contributed by atoms with Gasteiger partial charge in [0, 0.05) is 24.8 Å². The molecule has 0 fully saturated rings. The SMILES string of the molecule is CCCCC(C)n1c(=O)c(C)cn(C)c1=O. The summed E-state index contributed by atoms with van der Waals surface area (Å²) in [4.78, 5) is 23.8. The molecule has 0 aromatic carbocycles. The Labute approximate surface area is 95.5 Å². The first-order chi connectivity index (χ1) is 7.49. The maximum atomic E-state index is 11.9. The summed E-state index contributed by atoms with van der Waals surface area (Å²) in [5, 5.41) is 0. The minimum atomic E-state index is -0.223. The second kappa shape index (κ2) is 5.14. The maximum Gasteiger partial charge on any atom is 0.330 e. The molecule has 0 N–H and O–H groups in total. The lowest BCUT2D eigenvalue weighted by Gasteiger charge is -2.15. The van der Waals surface area contributed by atoms with Gasteiger partial charge < -0.3 is 4.57 Å². The molecule has 1 rings (SSSR count). The van der Waals surface area contributed by atoms with Crippen molar-refractivity contribution in [2.45, 2.75) is 46.1 Å². The minimum absolute atomic E-state index is 0.0222. The van der Waals surface area contributed by atoms with Crippen molar-refractivity contribution in [3.63, 3.8) is 0 Å². The van der Waals surface area contributed by atoms with Gasteiger partial charge in [-0.3, -0.25) is 9.36 Å². The van der Waals surface area contributed by atoms with Crippen molar-refractivity contribution in [2.24, 2.45) is 7.05 Å². The predicted molar refractivity (Wildman–Crippen MR) is 64.9 cm³/mol. The Morgan fingerprint density at radius 2 is 2.00 bits per heavy atom. The van der Waals surface area contributed by atoms with Gasteiger partial charge in [-0.25, -0.2) is 4.79 Å². The first-order valence-corrected chi connectivity index (χ1v) is 5.77. The molecule has 0 saturated carbocycles. The molecule has 0 aliphatic heterocycles. The molecular weight excluding hydrogens is 204 g/mol. The Kier molecular flexibility index (Phi) is 4.10. The largest absolute Gasteiger partial charge is 0.330 e. The van der Waals surface area contributed by atoms with Crippen molar-refractivity contribution < 1.29 is 0 Å². The van der Waals surface area contributed by atoms with Crippen LogP contribution in [0.4, 0.5) is 0 Å². The molecule has 1 heterocycles. The predicted octanol–water partition coefficient (Wildman–Crippen LogP) is 1.61. The van der Waals surface area contributed by atoms with Crippen LogP contribution in [0.5, 0.6) is 0 Å². The standard InChI is InChI=1S/C12H20N2O2/c1-5-6-7-10(3)14-11(15)9(2)8-13(4)12(14)16/h8,10H,5-7H2,1-4H3. The van der Waals surface area contributed by atoms with Gasteiger partial charge in [-0.2, -0.15) is 0 Å². The lowest BCUT2D eigenvalue weighted by molar-refractivity contribution is 0.440. The molecule has 4 nitrogen and oxygen atoms in total. The van der Waals surface area contributed by atoms with Gasteiger partial charge >= 0.3 is 5.69 Å². The molecule has 0 spiro atoms. The van der Waals surface area contributed by atoms with Crippen LogP contribution in [0.25, 0.3) is 0 Å². The van der Waals surface area contributed by atoms with Crippen molar-refractivity contribution in [2.75, 3.05) is 0 Å². The highest BCUT2D eigenvalue weighted by atomic mass is 16.2. The van der Waals surface area contributed by atoms with E-state index in [2.05, 4.69) is 6.92 Å². The number of aryl methyl sites for hydroxylation is 2. The number of unbranched alkanes of at least 4 members (excludes halogenated alkanes) is 1. The van der Waals surface area contributed by atoms with E-state index in [0.717, 1.165) is 19.3 Å². The van der Waals surface area contributed by atoms with Crippen LogP contribution in [-0.2, 0) is 7.05 Å². The van der Waals surface area contributed by atoms with Gasteiger partial charge in [0.2, 0.25) is 0 Å². The van der Waals surface area contributed by atoms with Crippen LogP contribution in [-0.4, -0.2) is 9.13 Å². The van der Waals surface area contributed by atoms with Crippen LogP contribution < -0.4 is 11.2 Å². The van der Waals surface area contributed by atoms with Crippen molar-refractivity contribution in [1.29, 1.82) is 0 Å². The average Bonchev–Trinajstić information content (AvgIpc) is 2.24. The lowest BCUT2D eigenvalue weighted by atomic mass is 10.1. The second-order valence-electron chi connectivity index (χ2n) is 4.37. The number of aromatic nitrogens is 2. The molecule has 0 aliphatic rings. The van der Waals surface area contributed by atoms with Crippen LogP contribution in [0.2, 0.25) is 0 Å². The maximum absolute atomic E-state index is 11.9. The van der Waals surface area contributed by atoms with E-state index in [1.807, 2.05) is 6.92 Å². The Bertz CT molecular complexity index is 437. The number of hydrogen-bond donors (Lipinski definition) is 0. The number of nitrogens with zero attached hydrogens (tertiary/aromatic N) is 2. The Morgan fingerprint density at radius 1 is 1.38 bits per heavy atom. The molecule has 4 heteroatoms. The highest BCUT2D eigenvalue weighted by Crippen LogP contribution is 2.10. The fraction of sp³-hybridized carbons (Fsp3) is 0.667. The van der Waals surface area contributed by atoms with Crippen molar-refractivity contribution in [3.05, 3.63) is 32.6 Å². The van der Waals surface area contributed by atoms with E-state index in [4.69, 9.17) is 0 Å². The Balaban J connectivity index is 3.22. The van der Waals surface area contributed by atoms with Gasteiger partial charge in [0.1, 0.15) is 0 Å². The average molecular weight is 224 g/mol. The molecular formula is C12H20N2O2. The summed E-state index contributed by atoms with van der Waals surface area (Å²) in [7, 11) is 1.68. The highest BCUT2D eigenvalue weighted by Gasteiger charge is 2.12. The minimum Gasteiger partial charge on any atom is -0.303 e. The topological polar surface area (TPSA) is 44.0 Å². The zero-order valence-corrected chi connectivity index (χ0v) is 10.5. The summed E-state index contributed by atoms with van der Waals surface area (Å²) in [6.07, 6.45) is 4.57. The van der Waals surface area contributed by atoms with Crippen LogP contribution in [0.1, 0.15) is 44.7 Å². The third-order valence-corrected chi connectivity index (χ3v) is 2.87. The van der Waals surface area contributed by atoms with Crippen LogP contribution in [0, 0.1) is 6.92 Å². The van der Waals surface area contributed by atoms with E-state index in [9.17, 15) is 9.59 Å². The molecule has 90 valence electrons. The quantitative estimate of drug-likeness (QED) is 0.779. The van der Waals surface area contributed by atoms with Gasteiger partial charge in [-0.1, -0.05) is 19.8 Å². The molecule has 1 aromatic heterocycles. The van der Waals surface area contributed by atoms with E-state index in [-0.39, 0.29) is 17.3 Å². The fourth-order valence-electron chi connectivity index (χ4n) is 1.87. The first-order valence-electron chi connectivity index (χ1n) is 5.77. The summed E-state index contributed by atoms with van der Waals surface area (Å²) in [6, 6.07) is -0.0222. The normalized spacial score (nSPS) is 12.8. The fourth-order valence-corrected chi connectivity index (χ4v) is 1.87. The van der Waals surface area contributed by atoms with E-state index >= 15 is 0 Å². The van der Waals surface area contributed by atoms with Crippen molar-refractivity contribution in [3.8, 4) is 0 Å². The molecule has 0 bridgehead atoms. The summed E-state index contributed by atoms with van der Waals surface area (Å²) < 4.78 is 2.84. The van der Waals surface area contributed by atoms with Crippen molar-refractivity contribution >= 4 is 0 Å². The molecule has 0 saturated heterocycles. The molecule has 0 radical (unpaired) electrons. The van der Waals surface area contributed by atoms with Gasteiger partial charge in [0.15, 0.2) is 0 Å². The summed E-state index contributed by atoms with van der Waals surface area (Å²) in [6.45, 7) is 5.77. The molecule has 16 heavy (non-hydrogen) atoms. The Morgan fingerprint density at radius 3 is 2.56 bits per heavy atom. The van der Waals surface area contributed by atoms with E-state index in [1.165, 1.54) is 9.13 Å². The van der Waals surface area contributed by atoms with Crippen molar-refractivity contribution in [1.82, 2.24) is 9.13 Å². The zero-order chi connectivity index (χ0) is 12.3. The van der Waals surface area contributed by atoms with E-state index in [0.29, 0.717) is 5.56 Å². The molecule has 1 atom stereocenters. The smallest absolute Gasteiger partial charge is 0.303 e. The van der Waals surface area contributed by atoms with Gasteiger partial charge in [0.25, 0.3) is 5.56 Å². The third-order valence-electron chi connectivity index (χ3n) is 2.87. The Hall–Kier alpha value is -1.32. The van der Waals surface area contributed by atoms with Crippen LogP contribution in [0.15, 0.2) is 15.8 Å². The molecule has 1 aromatic rings. The lowest BCUT2D eigenvalue weighted by Crippen LogP contribution is -2.41. The molecule has 1 unspecified atom stereocenters. The summed E-state index contributed by atoms with van der Waals surface area (Å²) in [5.74, 6) is 0. The highest BCUT2D eigenvalue weighted by molar-refractivity contribution is 5.03. The molecule has 0 aliphatic carbocycles. The van der Waals surface area contributed by atoms with Gasteiger partial charge in [-0.15, -0.1) is 0 Å². The van der Waals surface area contributed by atoms with Crippen LogP contribution >= 0.6 is 0 Å². The monoisotopic (exact) mass is 224 g/mol. The summed E-state index contributed by atoms with van der Waals surface area (Å²) >= 11 is 0. The van der Waals surface area contributed by atoms with Crippen LogP contribution in [0.3, 0.4) is 0 Å². The third kappa shape index (κ3) is 2.43. The van der Waals surface area contributed by atoms with E-state index in [1.54, 1.807) is 20.2 Å².